The molecule has 0 saturated carbocycles. The number of carbonyl (C=O) groups excluding carboxylic acids is 1. The fraction of sp³-hybridized carbons (Fsp3) is 0.375. The molecular weight excluding hydrogens is 311 g/mol. The molecule has 1 atom stereocenters. The van der Waals surface area contributed by atoms with Crippen molar-refractivity contribution in [1.29, 1.82) is 0 Å². The Hall–Kier alpha value is -2.31. The lowest BCUT2D eigenvalue weighted by Gasteiger charge is -2.31. The largest absolute Gasteiger partial charge is 0.479 e. The fourth-order valence-corrected chi connectivity index (χ4v) is 1.90. The first-order valence-electron chi connectivity index (χ1n) is 7.07. The lowest BCUT2D eigenvalue weighted by atomic mass is 9.93. The number of carbonyl (C=O) groups is 2. The molecule has 0 radical (unpaired) electrons. The smallest absolute Gasteiger partial charge is 0.422 e. The Bertz CT molecular complexity index is 570. The normalized spacial score (nSPS) is 14.4. The summed E-state index contributed by atoms with van der Waals surface area (Å²) in [5.74, 6) is -3.23. The van der Waals surface area contributed by atoms with Gasteiger partial charge in [0, 0.05) is 12.0 Å². The number of unbranched alkanes of at least 4 members (excludes halogenated alkanes) is 1. The van der Waals surface area contributed by atoms with Gasteiger partial charge in [0.15, 0.2) is 0 Å². The zero-order valence-corrected chi connectivity index (χ0v) is 12.6. The Morgan fingerprint density at radius 2 is 1.78 bits per heavy atom. The third-order valence-corrected chi connectivity index (χ3v) is 3.26. The molecule has 126 valence electrons. The van der Waals surface area contributed by atoms with Gasteiger partial charge in [0.05, 0.1) is 0 Å². The number of hydrogen-bond acceptors (Lipinski definition) is 2. The lowest BCUT2D eigenvalue weighted by molar-refractivity contribution is -0.207. The highest BCUT2D eigenvalue weighted by Crippen LogP contribution is 2.34. The zero-order valence-electron chi connectivity index (χ0n) is 12.6. The van der Waals surface area contributed by atoms with Crippen LogP contribution in [0.15, 0.2) is 42.5 Å². The first-order valence-corrected chi connectivity index (χ1v) is 7.07. The summed E-state index contributed by atoms with van der Waals surface area (Å²) in [5.41, 5.74) is -3.40. The molecule has 0 aromatic heterocycles. The highest BCUT2D eigenvalue weighted by atomic mass is 19.4. The molecule has 0 aliphatic rings. The van der Waals surface area contributed by atoms with Gasteiger partial charge < -0.3 is 10.4 Å². The topological polar surface area (TPSA) is 66.4 Å². The maximum Gasteiger partial charge on any atom is 0.422 e. The van der Waals surface area contributed by atoms with Crippen LogP contribution in [-0.4, -0.2) is 28.7 Å². The van der Waals surface area contributed by atoms with Crippen LogP contribution >= 0.6 is 0 Å². The van der Waals surface area contributed by atoms with Crippen LogP contribution in [0.2, 0.25) is 0 Å². The van der Waals surface area contributed by atoms with E-state index < -0.39 is 30.0 Å². The Kier molecular flexibility index (Phi) is 6.36. The van der Waals surface area contributed by atoms with Gasteiger partial charge in [-0.15, -0.1) is 0 Å². The van der Waals surface area contributed by atoms with Crippen LogP contribution in [0.4, 0.5) is 13.2 Å². The van der Waals surface area contributed by atoms with E-state index in [0.29, 0.717) is 6.42 Å². The Morgan fingerprint density at radius 1 is 1.17 bits per heavy atom. The lowest BCUT2D eigenvalue weighted by Crippen LogP contribution is -2.63. The minimum atomic E-state index is -5.14. The number of nitrogens with one attached hydrogen (secondary N) is 1. The highest BCUT2D eigenvalue weighted by Gasteiger charge is 2.61. The Labute approximate surface area is 132 Å². The number of halogens is 3. The van der Waals surface area contributed by atoms with Gasteiger partial charge in [0.1, 0.15) is 0 Å². The molecule has 0 heterocycles. The van der Waals surface area contributed by atoms with Crippen LogP contribution in [0.3, 0.4) is 0 Å². The van der Waals surface area contributed by atoms with E-state index in [9.17, 15) is 22.8 Å². The summed E-state index contributed by atoms with van der Waals surface area (Å²) in [5, 5.41) is 10.8. The Morgan fingerprint density at radius 3 is 2.26 bits per heavy atom. The number of alkyl halides is 3. The number of amides is 1. The molecule has 23 heavy (non-hydrogen) atoms. The number of benzene rings is 1. The van der Waals surface area contributed by atoms with Gasteiger partial charge in [-0.25, -0.2) is 4.79 Å². The first-order chi connectivity index (χ1) is 10.7. The van der Waals surface area contributed by atoms with E-state index in [0.717, 1.165) is 12.5 Å². The highest BCUT2D eigenvalue weighted by molar-refractivity contribution is 5.98. The summed E-state index contributed by atoms with van der Waals surface area (Å²) in [7, 11) is 0. The molecule has 2 N–H and O–H groups in total. The summed E-state index contributed by atoms with van der Waals surface area (Å²) in [4.78, 5) is 23.3. The molecule has 1 unspecified atom stereocenters. The van der Waals surface area contributed by atoms with Gasteiger partial charge >= 0.3 is 12.1 Å². The van der Waals surface area contributed by atoms with Crippen molar-refractivity contribution in [2.75, 3.05) is 0 Å². The summed E-state index contributed by atoms with van der Waals surface area (Å²) in [6.45, 7) is 1.84. The van der Waals surface area contributed by atoms with Crippen molar-refractivity contribution < 1.29 is 27.9 Å². The van der Waals surface area contributed by atoms with Crippen LogP contribution in [0, 0.1) is 0 Å². The SMILES string of the molecule is CCCC=CCC(NC(=O)c1ccccc1)(C(=O)O)C(F)(F)F. The molecule has 0 saturated heterocycles. The molecule has 1 rings (SSSR count). The van der Waals surface area contributed by atoms with E-state index >= 15 is 0 Å². The van der Waals surface area contributed by atoms with Crippen LogP contribution in [0.1, 0.15) is 36.5 Å². The van der Waals surface area contributed by atoms with Gasteiger partial charge in [0.25, 0.3) is 5.91 Å². The van der Waals surface area contributed by atoms with Crippen molar-refractivity contribution in [2.24, 2.45) is 0 Å². The van der Waals surface area contributed by atoms with Crippen LogP contribution < -0.4 is 5.32 Å². The molecule has 0 aliphatic heterocycles. The van der Waals surface area contributed by atoms with E-state index in [1.54, 1.807) is 11.4 Å². The second kappa shape index (κ2) is 7.80. The zero-order chi connectivity index (χ0) is 17.5. The second-order valence-electron chi connectivity index (χ2n) is 4.99. The predicted octanol–water partition coefficient (Wildman–Crippen LogP) is 3.55. The summed E-state index contributed by atoms with van der Waals surface area (Å²) in [6, 6.07) is 7.17. The molecule has 0 aliphatic carbocycles. The van der Waals surface area contributed by atoms with E-state index in [2.05, 4.69) is 0 Å². The van der Waals surface area contributed by atoms with Crippen molar-refractivity contribution in [1.82, 2.24) is 5.32 Å². The molecule has 1 aromatic carbocycles. The van der Waals surface area contributed by atoms with Crippen molar-refractivity contribution in [3.8, 4) is 0 Å². The van der Waals surface area contributed by atoms with Gasteiger partial charge in [-0.2, -0.15) is 13.2 Å². The number of carboxylic acids is 1. The quantitative estimate of drug-likeness (QED) is 0.752. The monoisotopic (exact) mass is 329 g/mol. The van der Waals surface area contributed by atoms with Crippen LogP contribution in [0.25, 0.3) is 0 Å². The van der Waals surface area contributed by atoms with Crippen LogP contribution in [0.5, 0.6) is 0 Å². The van der Waals surface area contributed by atoms with E-state index in [1.165, 1.54) is 30.3 Å². The Balaban J connectivity index is 3.12. The van der Waals surface area contributed by atoms with Crippen molar-refractivity contribution in [3.05, 3.63) is 48.0 Å². The second-order valence-corrected chi connectivity index (χ2v) is 4.99. The van der Waals surface area contributed by atoms with E-state index in [1.807, 2.05) is 6.92 Å². The minimum Gasteiger partial charge on any atom is -0.479 e. The van der Waals surface area contributed by atoms with Gasteiger partial charge in [0.2, 0.25) is 5.54 Å². The first kappa shape index (κ1) is 18.7. The average molecular weight is 329 g/mol. The van der Waals surface area contributed by atoms with Crippen LogP contribution in [-0.2, 0) is 4.79 Å². The molecule has 1 aromatic rings. The number of rotatable bonds is 7. The third kappa shape index (κ3) is 4.58. The number of hydrogen-bond donors (Lipinski definition) is 2. The predicted molar refractivity (Wildman–Crippen MR) is 79.0 cm³/mol. The molecule has 0 fully saturated rings. The maximum absolute atomic E-state index is 13.4. The van der Waals surface area contributed by atoms with Gasteiger partial charge in [-0.05, 0) is 18.6 Å². The summed E-state index contributed by atoms with van der Waals surface area (Å²) < 4.78 is 40.1. The van der Waals surface area contributed by atoms with Gasteiger partial charge in [-0.1, -0.05) is 43.7 Å². The third-order valence-electron chi connectivity index (χ3n) is 3.26. The maximum atomic E-state index is 13.4. The number of allylic oxidation sites excluding steroid dienone is 1. The van der Waals surface area contributed by atoms with E-state index in [4.69, 9.17) is 5.11 Å². The molecule has 7 heteroatoms. The standard InChI is InChI=1S/C16H18F3NO3/c1-2-3-4-8-11-15(14(22)23,16(17,18)19)20-13(21)12-9-6-5-7-10-12/h4-10H,2-3,11H2,1H3,(H,20,21)(H,22,23). The fourth-order valence-electron chi connectivity index (χ4n) is 1.90. The molecular formula is C16H18F3NO3. The molecule has 1 amide bonds. The van der Waals surface area contributed by atoms with Crippen molar-refractivity contribution >= 4 is 11.9 Å². The number of aliphatic carboxylic acids is 1. The summed E-state index contributed by atoms with van der Waals surface area (Å²) in [6.07, 6.45) is -2.15. The molecule has 0 spiro atoms. The minimum absolute atomic E-state index is 0.0417. The van der Waals surface area contributed by atoms with Crippen molar-refractivity contribution in [2.45, 2.75) is 37.9 Å². The number of carboxylic acid groups (broad SMARTS) is 1. The van der Waals surface area contributed by atoms with Gasteiger partial charge in [-0.3, -0.25) is 4.79 Å². The van der Waals surface area contributed by atoms with Crippen molar-refractivity contribution in [3.63, 3.8) is 0 Å². The molecule has 0 bridgehead atoms. The summed E-state index contributed by atoms with van der Waals surface area (Å²) >= 11 is 0. The molecule has 4 nitrogen and oxygen atoms in total. The van der Waals surface area contributed by atoms with E-state index in [-0.39, 0.29) is 5.56 Å². The average Bonchev–Trinajstić information content (AvgIpc) is 2.49.